The number of nitrogens with one attached hydrogen (secondary N) is 2. The summed E-state index contributed by atoms with van der Waals surface area (Å²) < 4.78 is 7.46. The molecule has 3 rings (SSSR count). The van der Waals surface area contributed by atoms with Crippen molar-refractivity contribution in [2.75, 3.05) is 32.6 Å². The summed E-state index contributed by atoms with van der Waals surface area (Å²) in [5.74, 6) is 0.775. The highest BCUT2D eigenvalue weighted by Gasteiger charge is 2.15. The van der Waals surface area contributed by atoms with Crippen molar-refractivity contribution >= 4 is 22.8 Å². The first-order valence-electron chi connectivity index (χ1n) is 8.67. The minimum Gasteiger partial charge on any atom is -0.478 e. The monoisotopic (exact) mass is 356 g/mol. The second-order valence-electron chi connectivity index (χ2n) is 6.26. The van der Waals surface area contributed by atoms with E-state index in [1.807, 2.05) is 33.3 Å². The third kappa shape index (κ3) is 4.20. The van der Waals surface area contributed by atoms with Gasteiger partial charge in [-0.05, 0) is 33.5 Å². The molecule has 0 spiro atoms. The highest BCUT2D eigenvalue weighted by Crippen LogP contribution is 2.21. The number of nitrogens with zero attached hydrogens (tertiary/aromatic N) is 4. The Balaban J connectivity index is 1.71. The number of aromatic nitrogens is 4. The quantitative estimate of drug-likeness (QED) is 0.605. The van der Waals surface area contributed by atoms with Gasteiger partial charge in [0.1, 0.15) is 5.52 Å². The van der Waals surface area contributed by atoms with Gasteiger partial charge in [-0.2, -0.15) is 5.10 Å². The molecule has 0 bridgehead atoms. The van der Waals surface area contributed by atoms with Crippen molar-refractivity contribution in [1.29, 1.82) is 0 Å². The Bertz CT molecular complexity index is 883. The summed E-state index contributed by atoms with van der Waals surface area (Å²) in [6, 6.07) is 5.44. The van der Waals surface area contributed by atoms with Crippen LogP contribution in [0.25, 0.3) is 11.0 Å². The van der Waals surface area contributed by atoms with Crippen LogP contribution in [0.2, 0.25) is 0 Å². The fourth-order valence-electron chi connectivity index (χ4n) is 2.58. The van der Waals surface area contributed by atoms with E-state index >= 15 is 0 Å². The number of ether oxygens (including phenoxy) is 1. The Hall–Kier alpha value is -2.87. The number of fused-ring (bicyclic) bond motifs is 1. The van der Waals surface area contributed by atoms with Crippen LogP contribution >= 0.6 is 0 Å². The minimum atomic E-state index is -0.255. The molecular weight excluding hydrogens is 332 g/mol. The maximum Gasteiger partial charge on any atom is 0.260 e. The van der Waals surface area contributed by atoms with Gasteiger partial charge in [-0.1, -0.05) is 0 Å². The number of anilines is 1. The van der Waals surface area contributed by atoms with Crippen molar-refractivity contribution in [3.8, 4) is 5.88 Å². The molecule has 26 heavy (non-hydrogen) atoms. The summed E-state index contributed by atoms with van der Waals surface area (Å²) >= 11 is 0. The van der Waals surface area contributed by atoms with Crippen molar-refractivity contribution in [2.24, 2.45) is 0 Å². The first kappa shape index (κ1) is 17.9. The first-order chi connectivity index (χ1) is 12.6. The number of H-pyrrole nitrogens is 1. The molecular formula is C18H24N6O2. The largest absolute Gasteiger partial charge is 0.478 e. The fourth-order valence-corrected chi connectivity index (χ4v) is 2.58. The minimum absolute atomic E-state index is 0.255. The Labute approximate surface area is 152 Å². The van der Waals surface area contributed by atoms with E-state index in [1.165, 1.54) is 0 Å². The smallest absolute Gasteiger partial charge is 0.260 e. The van der Waals surface area contributed by atoms with Crippen LogP contribution in [0.5, 0.6) is 5.88 Å². The third-order valence-electron chi connectivity index (χ3n) is 3.95. The molecule has 3 heterocycles. The lowest BCUT2D eigenvalue weighted by Gasteiger charge is -2.10. The Kier molecular flexibility index (Phi) is 5.52. The molecule has 0 saturated carbocycles. The number of amides is 1. The molecule has 0 radical (unpaired) electrons. The van der Waals surface area contributed by atoms with Crippen molar-refractivity contribution in [2.45, 2.75) is 19.9 Å². The molecule has 0 atom stereocenters. The molecule has 0 aliphatic rings. The molecule has 0 aliphatic heterocycles. The molecule has 8 heteroatoms. The molecule has 0 saturated heterocycles. The Morgan fingerprint density at radius 2 is 2.19 bits per heavy atom. The second-order valence-corrected chi connectivity index (χ2v) is 6.26. The molecule has 3 aromatic heterocycles. The van der Waals surface area contributed by atoms with Gasteiger partial charge < -0.3 is 19.9 Å². The van der Waals surface area contributed by atoms with E-state index < -0.39 is 0 Å². The number of rotatable bonds is 8. The van der Waals surface area contributed by atoms with Crippen LogP contribution in [-0.2, 0) is 6.54 Å². The average Bonchev–Trinajstić information content (AvgIpc) is 3.24. The second kappa shape index (κ2) is 8.01. The lowest BCUT2D eigenvalue weighted by molar-refractivity contribution is 0.102. The summed E-state index contributed by atoms with van der Waals surface area (Å²) in [6.45, 7) is 4.27. The number of carbonyl (C=O) groups excluding carboxylic acids is 1. The van der Waals surface area contributed by atoms with Gasteiger partial charge in [0, 0.05) is 37.6 Å². The molecule has 138 valence electrons. The van der Waals surface area contributed by atoms with Crippen LogP contribution in [0.4, 0.5) is 5.82 Å². The van der Waals surface area contributed by atoms with Crippen LogP contribution in [0.3, 0.4) is 0 Å². The lowest BCUT2D eigenvalue weighted by atomic mass is 10.2. The lowest BCUT2D eigenvalue weighted by Crippen LogP contribution is -2.15. The van der Waals surface area contributed by atoms with E-state index in [-0.39, 0.29) is 5.91 Å². The highest BCUT2D eigenvalue weighted by molar-refractivity contribution is 6.11. The summed E-state index contributed by atoms with van der Waals surface area (Å²) in [5.41, 5.74) is 1.84. The van der Waals surface area contributed by atoms with Crippen molar-refractivity contribution < 1.29 is 9.53 Å². The maximum atomic E-state index is 12.6. The van der Waals surface area contributed by atoms with E-state index in [2.05, 4.69) is 25.3 Å². The molecule has 0 aliphatic carbocycles. The van der Waals surface area contributed by atoms with E-state index in [1.54, 1.807) is 23.0 Å². The number of hydrogen-bond acceptors (Lipinski definition) is 5. The van der Waals surface area contributed by atoms with Gasteiger partial charge in [-0.25, -0.2) is 4.98 Å². The van der Waals surface area contributed by atoms with E-state index in [0.717, 1.165) is 25.0 Å². The van der Waals surface area contributed by atoms with Gasteiger partial charge in [-0.3, -0.25) is 9.48 Å². The van der Waals surface area contributed by atoms with E-state index in [0.29, 0.717) is 29.4 Å². The van der Waals surface area contributed by atoms with E-state index in [4.69, 9.17) is 4.74 Å². The molecule has 8 nitrogen and oxygen atoms in total. The zero-order chi connectivity index (χ0) is 18.5. The van der Waals surface area contributed by atoms with Crippen LogP contribution in [-0.4, -0.2) is 57.8 Å². The van der Waals surface area contributed by atoms with Gasteiger partial charge in [0.25, 0.3) is 5.91 Å². The number of pyridine rings is 1. The number of aromatic amines is 1. The topological polar surface area (TPSA) is 88.1 Å². The Morgan fingerprint density at radius 3 is 2.92 bits per heavy atom. The van der Waals surface area contributed by atoms with Crippen molar-refractivity contribution in [3.63, 3.8) is 0 Å². The van der Waals surface area contributed by atoms with Gasteiger partial charge in [-0.15, -0.1) is 0 Å². The predicted molar refractivity (Wildman–Crippen MR) is 101 cm³/mol. The molecule has 0 fully saturated rings. The summed E-state index contributed by atoms with van der Waals surface area (Å²) in [7, 11) is 4.05. The summed E-state index contributed by atoms with van der Waals surface area (Å²) in [6.07, 6.45) is 4.38. The van der Waals surface area contributed by atoms with Crippen LogP contribution < -0.4 is 10.1 Å². The van der Waals surface area contributed by atoms with Crippen LogP contribution in [0.1, 0.15) is 23.7 Å². The van der Waals surface area contributed by atoms with Gasteiger partial charge in [0.05, 0.1) is 17.7 Å². The molecule has 3 aromatic rings. The highest BCUT2D eigenvalue weighted by atomic mass is 16.5. The van der Waals surface area contributed by atoms with Crippen molar-refractivity contribution in [3.05, 3.63) is 36.2 Å². The van der Waals surface area contributed by atoms with Crippen LogP contribution in [0, 0.1) is 0 Å². The SMILES string of the molecule is CCn1ccc(NC(=O)c2c[nH]c3ccc(OCCCN(C)C)nc23)n1. The zero-order valence-electron chi connectivity index (χ0n) is 15.3. The normalized spacial score (nSPS) is 11.2. The summed E-state index contributed by atoms with van der Waals surface area (Å²) in [4.78, 5) is 22.2. The maximum absolute atomic E-state index is 12.6. The molecule has 0 aromatic carbocycles. The van der Waals surface area contributed by atoms with Gasteiger partial charge in [0.2, 0.25) is 5.88 Å². The number of aryl methyl sites for hydroxylation is 1. The number of hydrogen-bond donors (Lipinski definition) is 2. The molecule has 1 amide bonds. The third-order valence-corrected chi connectivity index (χ3v) is 3.95. The fraction of sp³-hybridized carbons (Fsp3) is 0.389. The van der Waals surface area contributed by atoms with Gasteiger partial charge >= 0.3 is 0 Å². The van der Waals surface area contributed by atoms with Crippen molar-refractivity contribution in [1.82, 2.24) is 24.6 Å². The van der Waals surface area contributed by atoms with Gasteiger partial charge in [0.15, 0.2) is 5.82 Å². The van der Waals surface area contributed by atoms with E-state index in [9.17, 15) is 4.79 Å². The van der Waals surface area contributed by atoms with Crippen LogP contribution in [0.15, 0.2) is 30.6 Å². The standard InChI is InChI=1S/C18H24N6O2/c1-4-24-10-8-15(22-24)20-18(25)13-12-19-14-6-7-16(21-17(13)14)26-11-5-9-23(2)3/h6-8,10,12,19H,4-5,9,11H2,1-3H3,(H,20,22,25). The molecule has 2 N–H and O–H groups in total. The zero-order valence-corrected chi connectivity index (χ0v) is 15.3. The first-order valence-corrected chi connectivity index (χ1v) is 8.67. The Morgan fingerprint density at radius 1 is 1.35 bits per heavy atom. The molecule has 0 unspecified atom stereocenters. The number of carbonyl (C=O) groups is 1. The average molecular weight is 356 g/mol. The summed E-state index contributed by atoms with van der Waals surface area (Å²) in [5, 5.41) is 7.06. The predicted octanol–water partition coefficient (Wildman–Crippen LogP) is 2.36.